The Kier molecular flexibility index (Phi) is 4.60. The van der Waals surface area contributed by atoms with Crippen LogP contribution in [0.5, 0.6) is 5.75 Å². The fraction of sp³-hybridized carbons (Fsp3) is 0.667. The van der Waals surface area contributed by atoms with Crippen LogP contribution in [0.4, 0.5) is 5.82 Å². The van der Waals surface area contributed by atoms with Crippen LogP contribution >= 0.6 is 11.6 Å². The van der Waals surface area contributed by atoms with Crippen LogP contribution in [0.1, 0.15) is 19.8 Å². The van der Waals surface area contributed by atoms with Crippen LogP contribution in [-0.2, 0) is 0 Å². The zero-order valence-corrected chi connectivity index (χ0v) is 11.6. The Labute approximate surface area is 113 Å². The highest BCUT2D eigenvalue weighted by molar-refractivity contribution is 6.31. The molecule has 0 aliphatic heterocycles. The van der Waals surface area contributed by atoms with Crippen LogP contribution in [0.2, 0.25) is 5.15 Å². The van der Waals surface area contributed by atoms with E-state index in [4.69, 9.17) is 16.3 Å². The first kappa shape index (κ1) is 13.4. The Hall–Kier alpha value is -1.07. The van der Waals surface area contributed by atoms with Gasteiger partial charge in [-0.05, 0) is 19.4 Å². The van der Waals surface area contributed by atoms with Crippen molar-refractivity contribution in [2.45, 2.75) is 25.8 Å². The van der Waals surface area contributed by atoms with Gasteiger partial charge in [0, 0.05) is 19.1 Å². The number of hydrogen-bond donors (Lipinski definition) is 1. The molecule has 1 heterocycles. The van der Waals surface area contributed by atoms with Gasteiger partial charge in [-0.15, -0.1) is 0 Å². The quantitative estimate of drug-likeness (QED) is 0.769. The summed E-state index contributed by atoms with van der Waals surface area (Å²) in [4.78, 5) is 10.5. The molecule has 5 nitrogen and oxygen atoms in total. The van der Waals surface area contributed by atoms with Crippen molar-refractivity contribution in [3.8, 4) is 5.75 Å². The highest BCUT2D eigenvalue weighted by atomic mass is 35.5. The van der Waals surface area contributed by atoms with Crippen molar-refractivity contribution >= 4 is 17.4 Å². The Morgan fingerprint density at radius 1 is 1.50 bits per heavy atom. The Morgan fingerprint density at radius 3 is 2.89 bits per heavy atom. The van der Waals surface area contributed by atoms with Gasteiger partial charge in [-0.1, -0.05) is 18.5 Å². The van der Waals surface area contributed by atoms with Gasteiger partial charge in [0.15, 0.2) is 16.7 Å². The third kappa shape index (κ3) is 3.23. The lowest BCUT2D eigenvalue weighted by molar-refractivity contribution is 0.288. The molecule has 1 aliphatic carbocycles. The van der Waals surface area contributed by atoms with Gasteiger partial charge in [-0.25, -0.2) is 9.97 Å². The first-order valence-electron chi connectivity index (χ1n) is 6.28. The largest absolute Gasteiger partial charge is 0.490 e. The zero-order valence-electron chi connectivity index (χ0n) is 10.8. The van der Waals surface area contributed by atoms with Gasteiger partial charge in [-0.3, -0.25) is 4.90 Å². The third-order valence-corrected chi connectivity index (χ3v) is 3.39. The number of nitrogens with one attached hydrogen (secondary N) is 1. The van der Waals surface area contributed by atoms with Gasteiger partial charge in [0.1, 0.15) is 6.33 Å². The van der Waals surface area contributed by atoms with Crippen molar-refractivity contribution < 1.29 is 4.74 Å². The highest BCUT2D eigenvalue weighted by Crippen LogP contribution is 2.28. The standard InChI is InChI=1S/C12H19ClN4O/c1-3-17(9-4-5-9)7-6-14-12-10(18-2)11(13)15-8-16-12/h8-9H,3-7H2,1-2H3,(H,14,15,16). The smallest absolute Gasteiger partial charge is 0.198 e. The molecule has 1 aromatic heterocycles. The molecule has 1 aliphatic rings. The summed E-state index contributed by atoms with van der Waals surface area (Å²) in [5.74, 6) is 1.16. The third-order valence-electron chi connectivity index (χ3n) is 3.13. The second-order valence-electron chi connectivity index (χ2n) is 4.33. The molecule has 0 atom stereocenters. The second kappa shape index (κ2) is 6.20. The number of likely N-dealkylation sites (N-methyl/N-ethyl adjacent to an activating group) is 1. The number of halogens is 1. The number of hydrogen-bond acceptors (Lipinski definition) is 5. The molecule has 0 aromatic carbocycles. The zero-order chi connectivity index (χ0) is 13.0. The lowest BCUT2D eigenvalue weighted by Gasteiger charge is -2.20. The predicted octanol–water partition coefficient (Wildman–Crippen LogP) is 2.03. The minimum atomic E-state index is 0.338. The SMILES string of the molecule is CCN(CCNc1ncnc(Cl)c1OC)C1CC1. The van der Waals surface area contributed by atoms with E-state index in [-0.39, 0.29) is 0 Å². The van der Waals surface area contributed by atoms with Gasteiger partial charge < -0.3 is 10.1 Å². The minimum absolute atomic E-state index is 0.338. The van der Waals surface area contributed by atoms with Gasteiger partial charge in [0.25, 0.3) is 0 Å². The van der Waals surface area contributed by atoms with E-state index in [1.807, 2.05) is 0 Å². The minimum Gasteiger partial charge on any atom is -0.490 e. The molecule has 0 saturated heterocycles. The second-order valence-corrected chi connectivity index (χ2v) is 4.69. The molecule has 100 valence electrons. The molecule has 6 heteroatoms. The fourth-order valence-corrected chi connectivity index (χ4v) is 2.23. The number of nitrogens with zero attached hydrogens (tertiary/aromatic N) is 3. The van der Waals surface area contributed by atoms with Gasteiger partial charge in [-0.2, -0.15) is 0 Å². The number of rotatable bonds is 7. The topological polar surface area (TPSA) is 50.3 Å². The van der Waals surface area contributed by atoms with Crippen LogP contribution in [0.15, 0.2) is 6.33 Å². The predicted molar refractivity (Wildman–Crippen MR) is 72.4 cm³/mol. The van der Waals surface area contributed by atoms with Gasteiger partial charge in [0.05, 0.1) is 7.11 Å². The maximum atomic E-state index is 5.93. The number of aromatic nitrogens is 2. The maximum absolute atomic E-state index is 5.93. The molecular weight excluding hydrogens is 252 g/mol. The van der Waals surface area contributed by atoms with E-state index >= 15 is 0 Å². The summed E-state index contributed by atoms with van der Waals surface area (Å²) in [6.07, 6.45) is 4.10. The summed E-state index contributed by atoms with van der Waals surface area (Å²) >= 11 is 5.93. The molecule has 0 radical (unpaired) electrons. The molecule has 0 bridgehead atoms. The van der Waals surface area contributed by atoms with Crippen LogP contribution in [0, 0.1) is 0 Å². The van der Waals surface area contributed by atoms with E-state index in [9.17, 15) is 0 Å². The molecule has 1 aromatic rings. The van der Waals surface area contributed by atoms with Crippen molar-refractivity contribution in [2.75, 3.05) is 32.1 Å². The van der Waals surface area contributed by atoms with E-state index in [1.54, 1.807) is 7.11 Å². The summed E-state index contributed by atoms with van der Waals surface area (Å²) in [7, 11) is 1.57. The van der Waals surface area contributed by atoms with Crippen molar-refractivity contribution in [3.05, 3.63) is 11.5 Å². The van der Waals surface area contributed by atoms with Crippen molar-refractivity contribution in [1.82, 2.24) is 14.9 Å². The monoisotopic (exact) mass is 270 g/mol. The average molecular weight is 271 g/mol. The van der Waals surface area contributed by atoms with Crippen LogP contribution < -0.4 is 10.1 Å². The number of anilines is 1. The Balaban J connectivity index is 1.87. The van der Waals surface area contributed by atoms with Gasteiger partial charge >= 0.3 is 0 Å². The molecule has 18 heavy (non-hydrogen) atoms. The number of ether oxygens (including phenoxy) is 1. The highest BCUT2D eigenvalue weighted by Gasteiger charge is 2.27. The molecule has 0 spiro atoms. The van der Waals surface area contributed by atoms with Crippen LogP contribution in [0.3, 0.4) is 0 Å². The summed E-state index contributed by atoms with van der Waals surface area (Å²) < 4.78 is 5.19. The van der Waals surface area contributed by atoms with E-state index in [0.717, 1.165) is 25.7 Å². The van der Waals surface area contributed by atoms with Gasteiger partial charge in [0.2, 0.25) is 0 Å². The van der Waals surface area contributed by atoms with Crippen LogP contribution in [-0.4, -0.2) is 47.7 Å². The van der Waals surface area contributed by atoms with Crippen molar-refractivity contribution in [3.63, 3.8) is 0 Å². The van der Waals surface area contributed by atoms with E-state index in [0.29, 0.717) is 16.7 Å². The first-order chi connectivity index (χ1) is 8.76. The molecule has 0 amide bonds. The first-order valence-corrected chi connectivity index (χ1v) is 6.66. The van der Waals surface area contributed by atoms with E-state index in [2.05, 4.69) is 27.1 Å². The van der Waals surface area contributed by atoms with Crippen molar-refractivity contribution in [1.29, 1.82) is 0 Å². The average Bonchev–Trinajstić information content (AvgIpc) is 3.19. The maximum Gasteiger partial charge on any atom is 0.198 e. The molecule has 2 rings (SSSR count). The van der Waals surface area contributed by atoms with Crippen molar-refractivity contribution in [2.24, 2.45) is 0 Å². The lowest BCUT2D eigenvalue weighted by Crippen LogP contribution is -2.31. The molecule has 1 fully saturated rings. The normalized spacial score (nSPS) is 14.9. The molecular formula is C12H19ClN4O. The Morgan fingerprint density at radius 2 is 2.28 bits per heavy atom. The van der Waals surface area contributed by atoms with E-state index < -0.39 is 0 Å². The summed E-state index contributed by atoms with van der Waals surface area (Å²) in [5.41, 5.74) is 0. The summed E-state index contributed by atoms with van der Waals surface area (Å²) in [6, 6.07) is 0.785. The Bertz CT molecular complexity index is 398. The van der Waals surface area contributed by atoms with Crippen LogP contribution in [0.25, 0.3) is 0 Å². The lowest BCUT2D eigenvalue weighted by atomic mass is 10.4. The molecule has 1 N–H and O–H groups in total. The van der Waals surface area contributed by atoms with E-state index in [1.165, 1.54) is 19.2 Å². The number of methoxy groups -OCH3 is 1. The fourth-order valence-electron chi connectivity index (χ4n) is 2.02. The molecule has 1 saturated carbocycles. The summed E-state index contributed by atoms with van der Waals surface area (Å²) in [6.45, 7) is 5.12. The molecule has 0 unspecified atom stereocenters. The summed E-state index contributed by atoms with van der Waals surface area (Å²) in [5, 5.41) is 3.59.